The predicted octanol–water partition coefficient (Wildman–Crippen LogP) is 4.37. The Morgan fingerprint density at radius 2 is 2.03 bits per heavy atom. The number of esters is 1. The normalized spacial score (nSPS) is 26.5. The van der Waals surface area contributed by atoms with Gasteiger partial charge in [0.2, 0.25) is 0 Å². The van der Waals surface area contributed by atoms with Crippen LogP contribution >= 0.6 is 0 Å². The molecule has 1 N–H and O–H groups in total. The summed E-state index contributed by atoms with van der Waals surface area (Å²) in [7, 11) is 3.33. The summed E-state index contributed by atoms with van der Waals surface area (Å²) in [5.74, 6) is 1.66. The van der Waals surface area contributed by atoms with Crippen LogP contribution in [0.5, 0.6) is 11.5 Å². The number of aromatic amines is 1. The van der Waals surface area contributed by atoms with E-state index in [1.807, 2.05) is 6.07 Å². The van der Waals surface area contributed by atoms with Gasteiger partial charge in [-0.15, -0.1) is 0 Å². The van der Waals surface area contributed by atoms with Gasteiger partial charge in [-0.25, -0.2) is 4.79 Å². The highest BCUT2D eigenvalue weighted by Crippen LogP contribution is 2.48. The van der Waals surface area contributed by atoms with E-state index in [9.17, 15) is 4.79 Å². The Morgan fingerprint density at radius 3 is 2.79 bits per heavy atom. The van der Waals surface area contributed by atoms with E-state index in [0.29, 0.717) is 12.2 Å². The summed E-state index contributed by atoms with van der Waals surface area (Å²) in [6, 6.07) is 4.34. The highest BCUT2D eigenvalue weighted by atomic mass is 16.5. The van der Waals surface area contributed by atoms with Crippen LogP contribution in [-0.2, 0) is 20.7 Å². The lowest BCUT2D eigenvalue weighted by Gasteiger charge is -2.49. The summed E-state index contributed by atoms with van der Waals surface area (Å²) in [6.07, 6.45) is 5.49. The van der Waals surface area contributed by atoms with Crippen LogP contribution in [0.15, 0.2) is 24.0 Å². The van der Waals surface area contributed by atoms with Crippen LogP contribution in [0, 0.1) is 11.8 Å². The molecule has 33 heavy (non-hydrogen) atoms. The van der Waals surface area contributed by atoms with Crippen LogP contribution in [0.2, 0.25) is 0 Å². The van der Waals surface area contributed by atoms with Gasteiger partial charge in [0.1, 0.15) is 0 Å². The number of carbonyl (C=O) groups excluding carboxylic acids is 1. The second kappa shape index (κ2) is 8.93. The number of benzene rings is 1. The molecule has 0 bridgehead atoms. The van der Waals surface area contributed by atoms with Crippen LogP contribution in [0.4, 0.5) is 0 Å². The van der Waals surface area contributed by atoms with Gasteiger partial charge >= 0.3 is 5.97 Å². The molecule has 2 aromatic rings. The number of unbranched alkanes of at least 4 members (excludes halogenated alkanes) is 1. The van der Waals surface area contributed by atoms with Crippen LogP contribution < -0.4 is 9.47 Å². The number of hydrogen-bond donors (Lipinski definition) is 1. The lowest BCUT2D eigenvalue weighted by atomic mass is 9.72. The molecule has 3 aliphatic rings. The maximum atomic E-state index is 12.9. The number of rotatable bonds is 6. The minimum atomic E-state index is -0.221. The second-order valence-corrected chi connectivity index (χ2v) is 9.44. The van der Waals surface area contributed by atoms with Crippen molar-refractivity contribution in [3.63, 3.8) is 0 Å². The fraction of sp³-hybridized carbons (Fsp3) is 0.577. The summed E-state index contributed by atoms with van der Waals surface area (Å²) >= 11 is 0. The van der Waals surface area contributed by atoms with Gasteiger partial charge in [0.15, 0.2) is 11.5 Å². The third-order valence-electron chi connectivity index (χ3n) is 7.68. The van der Waals surface area contributed by atoms with E-state index in [2.05, 4.69) is 29.8 Å². The first-order valence-electron chi connectivity index (χ1n) is 12.1. The van der Waals surface area contributed by atoms with E-state index in [1.54, 1.807) is 20.5 Å². The van der Waals surface area contributed by atoms with Crippen LogP contribution in [0.3, 0.4) is 0 Å². The third kappa shape index (κ3) is 3.76. The van der Waals surface area contributed by atoms with Crippen molar-refractivity contribution in [3.8, 4) is 11.5 Å². The first-order valence-corrected chi connectivity index (χ1v) is 12.1. The molecular weight excluding hydrogens is 420 g/mol. The van der Waals surface area contributed by atoms with Gasteiger partial charge in [0, 0.05) is 47.6 Å². The number of carbonyl (C=O) groups is 1. The molecule has 1 saturated heterocycles. The van der Waals surface area contributed by atoms with Crippen molar-refractivity contribution in [2.24, 2.45) is 11.8 Å². The Kier molecular flexibility index (Phi) is 5.99. The molecule has 5 rings (SSSR count). The van der Waals surface area contributed by atoms with Gasteiger partial charge in [0.05, 0.1) is 44.8 Å². The number of fused-ring (bicyclic) bond motifs is 6. The van der Waals surface area contributed by atoms with Gasteiger partial charge in [-0.2, -0.15) is 0 Å². The van der Waals surface area contributed by atoms with E-state index < -0.39 is 0 Å². The molecule has 0 saturated carbocycles. The smallest absolute Gasteiger partial charge is 0.337 e. The molecule has 7 heteroatoms. The van der Waals surface area contributed by atoms with Crippen molar-refractivity contribution in [2.45, 2.75) is 51.7 Å². The Hall–Kier alpha value is -2.67. The Labute approximate surface area is 195 Å². The fourth-order valence-corrected chi connectivity index (χ4v) is 5.84. The van der Waals surface area contributed by atoms with Crippen molar-refractivity contribution in [2.75, 3.05) is 33.9 Å². The van der Waals surface area contributed by atoms with E-state index in [1.165, 1.54) is 16.6 Å². The minimum Gasteiger partial charge on any atom is -0.497 e. The first-order chi connectivity index (χ1) is 16.0. The predicted molar refractivity (Wildman–Crippen MR) is 126 cm³/mol. The number of piperidine rings is 1. The zero-order valence-corrected chi connectivity index (χ0v) is 20.0. The molecule has 7 nitrogen and oxygen atoms in total. The highest BCUT2D eigenvalue weighted by molar-refractivity contribution is 5.90. The third-order valence-corrected chi connectivity index (χ3v) is 7.68. The molecule has 1 aromatic heterocycles. The largest absolute Gasteiger partial charge is 0.497 e. The van der Waals surface area contributed by atoms with Crippen LogP contribution in [0.1, 0.15) is 50.4 Å². The Balaban J connectivity index is 1.47. The van der Waals surface area contributed by atoms with E-state index in [0.717, 1.165) is 55.8 Å². The fourth-order valence-electron chi connectivity index (χ4n) is 5.84. The number of aromatic nitrogens is 1. The number of H-pyrrole nitrogens is 1. The van der Waals surface area contributed by atoms with Crippen molar-refractivity contribution in [1.82, 2.24) is 9.88 Å². The summed E-state index contributed by atoms with van der Waals surface area (Å²) < 4.78 is 22.6. The summed E-state index contributed by atoms with van der Waals surface area (Å²) in [5.41, 5.74) is 4.36. The van der Waals surface area contributed by atoms with Crippen LogP contribution in [-0.4, -0.2) is 55.9 Å². The van der Waals surface area contributed by atoms with Gasteiger partial charge in [-0.3, -0.25) is 4.90 Å². The maximum absolute atomic E-state index is 12.9. The molecule has 0 amide bonds. The molecule has 1 aromatic carbocycles. The van der Waals surface area contributed by atoms with Crippen molar-refractivity contribution in [1.29, 1.82) is 0 Å². The maximum Gasteiger partial charge on any atom is 0.337 e. The molecule has 0 aliphatic carbocycles. The SMILES string of the molecule is CCCCOC(=O)C1=CO[C@@H](C)[C@H]2CN3CCc4c([nH]c5cc(OC)c(OC)cc45)C3CC12. The topological polar surface area (TPSA) is 73.0 Å². The van der Waals surface area contributed by atoms with E-state index in [-0.39, 0.29) is 30.0 Å². The zero-order chi connectivity index (χ0) is 23.1. The summed E-state index contributed by atoms with van der Waals surface area (Å²) in [5, 5.41) is 1.19. The second-order valence-electron chi connectivity index (χ2n) is 9.44. The molecule has 0 spiro atoms. The number of methoxy groups -OCH3 is 2. The number of ether oxygens (including phenoxy) is 4. The molecule has 2 unspecified atom stereocenters. The van der Waals surface area contributed by atoms with Gasteiger partial charge in [0.25, 0.3) is 0 Å². The highest BCUT2D eigenvalue weighted by Gasteiger charge is 2.47. The monoisotopic (exact) mass is 454 g/mol. The Morgan fingerprint density at radius 1 is 1.24 bits per heavy atom. The Bertz CT molecular complexity index is 1070. The first kappa shape index (κ1) is 22.1. The number of hydrogen-bond acceptors (Lipinski definition) is 6. The quantitative estimate of drug-likeness (QED) is 0.516. The summed E-state index contributed by atoms with van der Waals surface area (Å²) in [4.78, 5) is 19.1. The number of nitrogens with zero attached hydrogens (tertiary/aromatic N) is 1. The molecular formula is C26H34N2O5. The molecule has 3 aliphatic heterocycles. The number of nitrogens with one attached hydrogen (secondary N) is 1. The van der Waals surface area contributed by atoms with Gasteiger partial charge < -0.3 is 23.9 Å². The molecule has 1 fully saturated rings. The van der Waals surface area contributed by atoms with Crippen LogP contribution in [0.25, 0.3) is 10.9 Å². The van der Waals surface area contributed by atoms with E-state index >= 15 is 0 Å². The van der Waals surface area contributed by atoms with E-state index in [4.69, 9.17) is 18.9 Å². The van der Waals surface area contributed by atoms with Crippen molar-refractivity contribution >= 4 is 16.9 Å². The van der Waals surface area contributed by atoms with Crippen molar-refractivity contribution < 1.29 is 23.7 Å². The van der Waals surface area contributed by atoms with Gasteiger partial charge in [-0.1, -0.05) is 13.3 Å². The lowest BCUT2D eigenvalue weighted by Crippen LogP contribution is -2.51. The van der Waals surface area contributed by atoms with Gasteiger partial charge in [-0.05, 0) is 37.8 Å². The molecule has 4 heterocycles. The molecule has 178 valence electrons. The summed E-state index contributed by atoms with van der Waals surface area (Å²) in [6.45, 7) is 6.58. The molecule has 0 radical (unpaired) electrons. The van der Waals surface area contributed by atoms with Crippen molar-refractivity contribution in [3.05, 3.63) is 35.2 Å². The molecule has 4 atom stereocenters. The lowest BCUT2D eigenvalue weighted by molar-refractivity contribution is -0.142. The average molecular weight is 455 g/mol. The average Bonchev–Trinajstić information content (AvgIpc) is 3.20. The minimum absolute atomic E-state index is 0.0841. The standard InChI is InChI=1S/C26H34N2O5/c1-5-6-9-32-26(29)20-14-33-15(2)19-13-28-8-7-16-18-11-23(30-3)24(31-4)12-21(18)27-25(16)22(28)10-17(19)20/h11-12,14-15,17,19,22,27H,5-10,13H2,1-4H3/t15-,17?,19+,22?/m0/s1. The zero-order valence-electron chi connectivity index (χ0n) is 20.0.